The van der Waals surface area contributed by atoms with Gasteiger partial charge in [-0.2, -0.15) is 5.48 Å². The van der Waals surface area contributed by atoms with Crippen LogP contribution in [-0.4, -0.2) is 12.6 Å². The maximum atomic E-state index is 5.37. The maximum absolute atomic E-state index is 5.37. The molecule has 1 fully saturated rings. The monoisotopic (exact) mass is 219 g/mol. The molecule has 1 aromatic carbocycles. The second-order valence-corrected chi connectivity index (χ2v) is 4.46. The van der Waals surface area contributed by atoms with E-state index in [-0.39, 0.29) is 0 Å². The van der Waals surface area contributed by atoms with E-state index in [2.05, 4.69) is 35.8 Å². The minimum absolute atomic E-state index is 0.483. The van der Waals surface area contributed by atoms with E-state index in [4.69, 9.17) is 4.84 Å². The summed E-state index contributed by atoms with van der Waals surface area (Å²) in [5.74, 6) is 0.612. The van der Waals surface area contributed by atoms with E-state index in [0.717, 1.165) is 6.61 Å². The Morgan fingerprint density at radius 2 is 1.94 bits per heavy atom. The Morgan fingerprint density at radius 1 is 1.19 bits per heavy atom. The quantitative estimate of drug-likeness (QED) is 0.785. The fraction of sp³-hybridized carbons (Fsp3) is 0.571. The topological polar surface area (TPSA) is 21.3 Å². The second-order valence-electron chi connectivity index (χ2n) is 4.46. The van der Waals surface area contributed by atoms with Crippen LogP contribution in [0.15, 0.2) is 30.3 Å². The summed E-state index contributed by atoms with van der Waals surface area (Å²) in [5.41, 5.74) is 4.66. The number of benzene rings is 1. The second kappa shape index (κ2) is 6.02. The van der Waals surface area contributed by atoms with Gasteiger partial charge in [0.2, 0.25) is 0 Å². The van der Waals surface area contributed by atoms with Crippen LogP contribution in [0, 0.1) is 0 Å². The zero-order chi connectivity index (χ0) is 11.2. The van der Waals surface area contributed by atoms with E-state index in [9.17, 15) is 0 Å². The first-order valence-electron chi connectivity index (χ1n) is 6.34. The lowest BCUT2D eigenvalue weighted by atomic mass is 9.80. The van der Waals surface area contributed by atoms with Crippen LogP contribution in [0.3, 0.4) is 0 Å². The van der Waals surface area contributed by atoms with E-state index >= 15 is 0 Å². The fourth-order valence-corrected chi connectivity index (χ4v) is 2.56. The molecule has 2 unspecified atom stereocenters. The molecule has 0 radical (unpaired) electrons. The maximum Gasteiger partial charge on any atom is 0.0654 e. The Kier molecular flexibility index (Phi) is 4.37. The number of hydrogen-bond donors (Lipinski definition) is 1. The van der Waals surface area contributed by atoms with Crippen molar-refractivity contribution in [2.75, 3.05) is 6.61 Å². The van der Waals surface area contributed by atoms with Crippen LogP contribution < -0.4 is 5.48 Å². The third-order valence-corrected chi connectivity index (χ3v) is 3.37. The minimum atomic E-state index is 0.483. The molecule has 0 amide bonds. The molecule has 1 aliphatic carbocycles. The van der Waals surface area contributed by atoms with Crippen LogP contribution >= 0.6 is 0 Å². The summed E-state index contributed by atoms with van der Waals surface area (Å²) in [6.45, 7) is 2.76. The molecular formula is C14H21NO. The van der Waals surface area contributed by atoms with Crippen molar-refractivity contribution in [2.45, 2.75) is 44.6 Å². The highest BCUT2D eigenvalue weighted by molar-refractivity contribution is 5.21. The molecule has 0 spiro atoms. The predicted molar refractivity (Wildman–Crippen MR) is 66.2 cm³/mol. The first kappa shape index (κ1) is 11.6. The van der Waals surface area contributed by atoms with Crippen molar-refractivity contribution in [3.05, 3.63) is 35.9 Å². The van der Waals surface area contributed by atoms with Gasteiger partial charge in [0.1, 0.15) is 0 Å². The van der Waals surface area contributed by atoms with Gasteiger partial charge >= 0.3 is 0 Å². The minimum Gasteiger partial charge on any atom is -0.302 e. The van der Waals surface area contributed by atoms with Crippen molar-refractivity contribution in [1.82, 2.24) is 5.48 Å². The average molecular weight is 219 g/mol. The first-order valence-corrected chi connectivity index (χ1v) is 6.34. The molecule has 0 heterocycles. The molecule has 2 rings (SSSR count). The highest BCUT2D eigenvalue weighted by Gasteiger charge is 2.26. The van der Waals surface area contributed by atoms with Gasteiger partial charge in [-0.05, 0) is 25.3 Å². The zero-order valence-corrected chi connectivity index (χ0v) is 9.99. The molecule has 2 nitrogen and oxygen atoms in total. The van der Waals surface area contributed by atoms with Gasteiger partial charge < -0.3 is 4.84 Å². The van der Waals surface area contributed by atoms with Crippen LogP contribution in [-0.2, 0) is 4.84 Å². The Morgan fingerprint density at radius 3 is 2.69 bits per heavy atom. The molecule has 0 bridgehead atoms. The van der Waals surface area contributed by atoms with E-state index in [0.29, 0.717) is 12.0 Å². The smallest absolute Gasteiger partial charge is 0.0654 e. The zero-order valence-electron chi connectivity index (χ0n) is 9.99. The number of nitrogens with one attached hydrogen (secondary N) is 1. The van der Waals surface area contributed by atoms with Crippen molar-refractivity contribution in [2.24, 2.45) is 0 Å². The van der Waals surface area contributed by atoms with Crippen molar-refractivity contribution >= 4 is 0 Å². The summed E-state index contributed by atoms with van der Waals surface area (Å²) in [5, 5.41) is 0. The van der Waals surface area contributed by atoms with Crippen molar-refractivity contribution in [3.8, 4) is 0 Å². The largest absolute Gasteiger partial charge is 0.302 e. The summed E-state index contributed by atoms with van der Waals surface area (Å²) in [7, 11) is 0. The normalized spacial score (nSPS) is 25.6. The van der Waals surface area contributed by atoms with E-state index in [1.807, 2.05) is 6.92 Å². The molecule has 1 N–H and O–H groups in total. The summed E-state index contributed by atoms with van der Waals surface area (Å²) >= 11 is 0. The molecule has 16 heavy (non-hydrogen) atoms. The molecule has 1 aliphatic rings. The summed E-state index contributed by atoms with van der Waals surface area (Å²) < 4.78 is 0. The average Bonchev–Trinajstić information content (AvgIpc) is 2.38. The van der Waals surface area contributed by atoms with Crippen LogP contribution in [0.2, 0.25) is 0 Å². The summed E-state index contributed by atoms with van der Waals surface area (Å²) in [6.07, 6.45) is 5.15. The Balaban J connectivity index is 2.04. The number of hydroxylamine groups is 1. The van der Waals surface area contributed by atoms with Crippen molar-refractivity contribution in [3.63, 3.8) is 0 Å². The molecule has 0 aliphatic heterocycles. The Hall–Kier alpha value is -0.860. The van der Waals surface area contributed by atoms with Gasteiger partial charge in [-0.1, -0.05) is 43.2 Å². The molecule has 2 heteroatoms. The highest BCUT2D eigenvalue weighted by Crippen LogP contribution is 2.32. The molecule has 0 aromatic heterocycles. The summed E-state index contributed by atoms with van der Waals surface area (Å²) in [6, 6.07) is 11.3. The Bertz CT molecular complexity index is 299. The number of rotatable bonds is 4. The third kappa shape index (κ3) is 2.83. The van der Waals surface area contributed by atoms with Gasteiger partial charge in [0.05, 0.1) is 6.61 Å². The van der Waals surface area contributed by atoms with Crippen LogP contribution in [0.1, 0.15) is 44.1 Å². The number of hydrogen-bond acceptors (Lipinski definition) is 2. The van der Waals surface area contributed by atoms with Gasteiger partial charge in [-0.25, -0.2) is 0 Å². The highest BCUT2D eigenvalue weighted by atomic mass is 16.6. The van der Waals surface area contributed by atoms with E-state index in [1.54, 1.807) is 0 Å². The summed E-state index contributed by atoms with van der Waals surface area (Å²) in [4.78, 5) is 5.37. The lowest BCUT2D eigenvalue weighted by Crippen LogP contribution is -2.37. The predicted octanol–water partition coefficient (Wildman–Crippen LogP) is 3.25. The first-order chi connectivity index (χ1) is 7.92. The van der Waals surface area contributed by atoms with Gasteiger partial charge in [-0.3, -0.25) is 0 Å². The van der Waals surface area contributed by atoms with E-state index < -0.39 is 0 Å². The van der Waals surface area contributed by atoms with E-state index in [1.165, 1.54) is 31.2 Å². The van der Waals surface area contributed by atoms with Crippen molar-refractivity contribution in [1.29, 1.82) is 0 Å². The molecule has 1 saturated carbocycles. The van der Waals surface area contributed by atoms with Gasteiger partial charge in [0.15, 0.2) is 0 Å². The Labute approximate surface area is 98.0 Å². The molecule has 2 atom stereocenters. The van der Waals surface area contributed by atoms with Crippen molar-refractivity contribution < 1.29 is 4.84 Å². The lowest BCUT2D eigenvalue weighted by molar-refractivity contribution is 0.00893. The van der Waals surface area contributed by atoms with Crippen LogP contribution in [0.25, 0.3) is 0 Å². The standard InChI is InChI=1S/C14H21NO/c1-2-16-15-14-11-7-6-10-13(14)12-8-4-3-5-9-12/h3-5,8-9,13-15H,2,6-7,10-11H2,1H3. The van der Waals surface area contributed by atoms with Crippen LogP contribution in [0.5, 0.6) is 0 Å². The van der Waals surface area contributed by atoms with Crippen LogP contribution in [0.4, 0.5) is 0 Å². The lowest BCUT2D eigenvalue weighted by Gasteiger charge is -2.32. The van der Waals surface area contributed by atoms with Gasteiger partial charge in [0, 0.05) is 12.0 Å². The SMILES string of the molecule is CCONC1CCCCC1c1ccccc1. The fourth-order valence-electron chi connectivity index (χ4n) is 2.56. The molecular weight excluding hydrogens is 198 g/mol. The van der Waals surface area contributed by atoms with Gasteiger partial charge in [0.25, 0.3) is 0 Å². The van der Waals surface area contributed by atoms with Gasteiger partial charge in [-0.15, -0.1) is 0 Å². The molecule has 0 saturated heterocycles. The molecule has 1 aromatic rings. The molecule has 88 valence electrons. The third-order valence-electron chi connectivity index (χ3n) is 3.37.